The molecule has 4 nitrogen and oxygen atoms in total. The predicted molar refractivity (Wildman–Crippen MR) is 84.3 cm³/mol. The summed E-state index contributed by atoms with van der Waals surface area (Å²) in [6.07, 6.45) is 3.09. The lowest BCUT2D eigenvalue weighted by Crippen LogP contribution is -2.32. The van der Waals surface area contributed by atoms with Gasteiger partial charge in [0.05, 0.1) is 13.2 Å². The number of ether oxygens (including phenoxy) is 3. The maximum atomic E-state index is 11.8. The summed E-state index contributed by atoms with van der Waals surface area (Å²) in [6.45, 7) is 2.86. The largest absolute Gasteiger partial charge is 0.493 e. The fourth-order valence-electron chi connectivity index (χ4n) is 2.23. The molecule has 0 unspecified atom stereocenters. The Balaban J connectivity index is 1.95. The number of hydrogen-bond acceptors (Lipinski definition) is 4. The maximum absolute atomic E-state index is 11.8. The molecular weight excluding hydrogens is 336 g/mol. The van der Waals surface area contributed by atoms with Crippen LogP contribution in [-0.4, -0.2) is 30.6 Å². The van der Waals surface area contributed by atoms with Crippen LogP contribution in [0, 0.1) is 0 Å². The Morgan fingerprint density at radius 2 is 2.29 bits per heavy atom. The molecule has 1 aliphatic heterocycles. The summed E-state index contributed by atoms with van der Waals surface area (Å²) in [5.74, 6) is 1.23. The zero-order valence-electron chi connectivity index (χ0n) is 12.3. The summed E-state index contributed by atoms with van der Waals surface area (Å²) in [5.41, 5.74) is 1.11. The summed E-state index contributed by atoms with van der Waals surface area (Å²) in [5, 5.41) is 0.991. The molecule has 0 N–H and O–H groups in total. The standard InChI is InChI=1S/C16H21BrO4/c1-2-19-16(18)14-8-6-12-5-7-13(11-15(12)21-14)20-10-4-3-9-17/h5,7,11,14H,2-4,6,8-10H2,1H3/t14-/m1/s1. The van der Waals surface area contributed by atoms with Crippen LogP contribution in [0.2, 0.25) is 0 Å². The van der Waals surface area contributed by atoms with E-state index in [0.29, 0.717) is 19.6 Å². The number of carbonyl (C=O) groups excluding carboxylic acids is 1. The summed E-state index contributed by atoms with van der Waals surface area (Å²) >= 11 is 3.40. The Bertz CT molecular complexity index is 475. The van der Waals surface area contributed by atoms with Crippen molar-refractivity contribution >= 4 is 21.9 Å². The third-order valence-corrected chi connectivity index (χ3v) is 3.89. The minimum absolute atomic E-state index is 0.285. The molecule has 1 aromatic carbocycles. The molecule has 0 aliphatic carbocycles. The Hall–Kier alpha value is -1.23. The number of hydrogen-bond donors (Lipinski definition) is 0. The van der Waals surface area contributed by atoms with Gasteiger partial charge in [-0.3, -0.25) is 0 Å². The summed E-state index contributed by atoms with van der Waals surface area (Å²) in [6, 6.07) is 5.84. The van der Waals surface area contributed by atoms with Crippen LogP contribution < -0.4 is 9.47 Å². The average molecular weight is 357 g/mol. The van der Waals surface area contributed by atoms with E-state index < -0.39 is 6.10 Å². The number of alkyl halides is 1. The summed E-state index contributed by atoms with van der Waals surface area (Å²) in [7, 11) is 0. The SMILES string of the molecule is CCOC(=O)[C@H]1CCc2ccc(OCCCCBr)cc2O1. The Morgan fingerprint density at radius 3 is 3.05 bits per heavy atom. The van der Waals surface area contributed by atoms with Crippen LogP contribution in [0.5, 0.6) is 11.5 Å². The van der Waals surface area contributed by atoms with Crippen LogP contribution in [0.15, 0.2) is 18.2 Å². The molecule has 0 saturated carbocycles. The summed E-state index contributed by atoms with van der Waals surface area (Å²) in [4.78, 5) is 11.8. The van der Waals surface area contributed by atoms with Crippen LogP contribution >= 0.6 is 15.9 Å². The second-order valence-electron chi connectivity index (χ2n) is 4.91. The first-order valence-electron chi connectivity index (χ1n) is 7.39. The molecular formula is C16H21BrO4. The van der Waals surface area contributed by atoms with Crippen molar-refractivity contribution in [3.05, 3.63) is 23.8 Å². The third kappa shape index (κ3) is 4.63. The van der Waals surface area contributed by atoms with Gasteiger partial charge >= 0.3 is 5.97 Å². The number of benzene rings is 1. The van der Waals surface area contributed by atoms with E-state index in [2.05, 4.69) is 15.9 Å². The second-order valence-corrected chi connectivity index (χ2v) is 5.70. The molecule has 5 heteroatoms. The van der Waals surface area contributed by atoms with E-state index in [4.69, 9.17) is 14.2 Å². The van der Waals surface area contributed by atoms with Gasteiger partial charge in [0.2, 0.25) is 0 Å². The molecule has 1 heterocycles. The molecule has 0 aromatic heterocycles. The molecule has 0 fully saturated rings. The van der Waals surface area contributed by atoms with Gasteiger partial charge in [-0.2, -0.15) is 0 Å². The smallest absolute Gasteiger partial charge is 0.347 e. The molecule has 116 valence electrons. The van der Waals surface area contributed by atoms with Gasteiger partial charge < -0.3 is 14.2 Å². The van der Waals surface area contributed by atoms with E-state index in [1.54, 1.807) is 6.92 Å². The normalized spacial score (nSPS) is 16.8. The van der Waals surface area contributed by atoms with E-state index in [0.717, 1.165) is 41.7 Å². The number of carbonyl (C=O) groups is 1. The van der Waals surface area contributed by atoms with E-state index in [1.165, 1.54) is 0 Å². The highest BCUT2D eigenvalue weighted by Crippen LogP contribution is 2.31. The van der Waals surface area contributed by atoms with Crippen molar-refractivity contribution in [2.24, 2.45) is 0 Å². The predicted octanol–water partition coefficient (Wildman–Crippen LogP) is 3.50. The van der Waals surface area contributed by atoms with E-state index in [9.17, 15) is 4.79 Å². The van der Waals surface area contributed by atoms with Gasteiger partial charge in [-0.05, 0) is 44.2 Å². The number of unbranched alkanes of at least 4 members (excludes halogenated alkanes) is 1. The van der Waals surface area contributed by atoms with Crippen molar-refractivity contribution in [1.29, 1.82) is 0 Å². The maximum Gasteiger partial charge on any atom is 0.347 e. The molecule has 0 bridgehead atoms. The zero-order chi connectivity index (χ0) is 15.1. The molecule has 2 rings (SSSR count). The number of aryl methyl sites for hydroxylation is 1. The van der Waals surface area contributed by atoms with Gasteiger partial charge in [0, 0.05) is 11.4 Å². The molecule has 0 radical (unpaired) electrons. The first-order valence-corrected chi connectivity index (χ1v) is 8.51. The van der Waals surface area contributed by atoms with Crippen molar-refractivity contribution in [1.82, 2.24) is 0 Å². The van der Waals surface area contributed by atoms with Gasteiger partial charge in [0.1, 0.15) is 11.5 Å². The van der Waals surface area contributed by atoms with Crippen LogP contribution in [0.4, 0.5) is 0 Å². The lowest BCUT2D eigenvalue weighted by Gasteiger charge is -2.25. The van der Waals surface area contributed by atoms with Gasteiger partial charge in [-0.15, -0.1) is 0 Å². The fraction of sp³-hybridized carbons (Fsp3) is 0.562. The topological polar surface area (TPSA) is 44.8 Å². The van der Waals surface area contributed by atoms with E-state index in [1.807, 2.05) is 18.2 Å². The monoisotopic (exact) mass is 356 g/mol. The van der Waals surface area contributed by atoms with Crippen LogP contribution in [-0.2, 0) is 16.0 Å². The Morgan fingerprint density at radius 1 is 1.43 bits per heavy atom. The minimum atomic E-state index is -0.499. The zero-order valence-corrected chi connectivity index (χ0v) is 13.9. The van der Waals surface area contributed by atoms with Gasteiger partial charge in [0.15, 0.2) is 6.10 Å². The van der Waals surface area contributed by atoms with Crippen molar-refractivity contribution in [3.63, 3.8) is 0 Å². The van der Waals surface area contributed by atoms with Gasteiger partial charge in [-0.1, -0.05) is 22.0 Å². The minimum Gasteiger partial charge on any atom is -0.493 e. The van der Waals surface area contributed by atoms with Crippen LogP contribution in [0.1, 0.15) is 31.7 Å². The quantitative estimate of drug-likeness (QED) is 0.426. The molecule has 21 heavy (non-hydrogen) atoms. The fourth-order valence-corrected chi connectivity index (χ4v) is 2.62. The lowest BCUT2D eigenvalue weighted by molar-refractivity contribution is -0.152. The number of esters is 1. The van der Waals surface area contributed by atoms with Crippen molar-refractivity contribution in [2.75, 3.05) is 18.5 Å². The highest BCUT2D eigenvalue weighted by Gasteiger charge is 2.27. The van der Waals surface area contributed by atoms with Crippen molar-refractivity contribution in [3.8, 4) is 11.5 Å². The van der Waals surface area contributed by atoms with Gasteiger partial charge in [-0.25, -0.2) is 4.79 Å². The van der Waals surface area contributed by atoms with E-state index >= 15 is 0 Å². The van der Waals surface area contributed by atoms with E-state index in [-0.39, 0.29) is 5.97 Å². The number of fused-ring (bicyclic) bond motifs is 1. The molecule has 1 atom stereocenters. The first kappa shape index (κ1) is 16.1. The average Bonchev–Trinajstić information content (AvgIpc) is 2.51. The van der Waals surface area contributed by atoms with Crippen LogP contribution in [0.3, 0.4) is 0 Å². The van der Waals surface area contributed by atoms with Crippen LogP contribution in [0.25, 0.3) is 0 Å². The molecule has 0 spiro atoms. The highest BCUT2D eigenvalue weighted by molar-refractivity contribution is 9.09. The van der Waals surface area contributed by atoms with Crippen molar-refractivity contribution in [2.45, 2.75) is 38.7 Å². The number of halogens is 1. The first-order chi connectivity index (χ1) is 10.2. The Kier molecular flexibility index (Phi) is 6.36. The third-order valence-electron chi connectivity index (χ3n) is 3.33. The van der Waals surface area contributed by atoms with Gasteiger partial charge in [0.25, 0.3) is 0 Å². The molecule has 0 amide bonds. The Labute approximate surface area is 133 Å². The highest BCUT2D eigenvalue weighted by atomic mass is 79.9. The van der Waals surface area contributed by atoms with Crippen molar-refractivity contribution < 1.29 is 19.0 Å². The number of rotatable bonds is 7. The lowest BCUT2D eigenvalue weighted by atomic mass is 10.0. The second kappa shape index (κ2) is 8.27. The summed E-state index contributed by atoms with van der Waals surface area (Å²) < 4.78 is 16.5. The molecule has 1 aromatic rings. The molecule has 1 aliphatic rings. The molecule has 0 saturated heterocycles.